The predicted molar refractivity (Wildman–Crippen MR) is 65.4 cm³/mol. The number of carboxylic acid groups (broad SMARTS) is 1. The highest BCUT2D eigenvalue weighted by Crippen LogP contribution is 2.23. The van der Waals surface area contributed by atoms with Crippen molar-refractivity contribution in [1.29, 1.82) is 0 Å². The summed E-state index contributed by atoms with van der Waals surface area (Å²) in [4.78, 5) is 11.1. The molecule has 0 aliphatic carbocycles. The second-order valence-corrected chi connectivity index (χ2v) is 5.66. The molecule has 7 heteroatoms. The SMILES string of the molecule is CCC(C(=O)O)N(c1cccc(F)c1)S(C)(=O)=O. The van der Waals surface area contributed by atoms with E-state index in [0.29, 0.717) is 0 Å². The van der Waals surface area contributed by atoms with Gasteiger partial charge in [0.25, 0.3) is 0 Å². The molecule has 0 aliphatic heterocycles. The summed E-state index contributed by atoms with van der Waals surface area (Å²) in [6.45, 7) is 1.55. The average molecular weight is 275 g/mol. The lowest BCUT2D eigenvalue weighted by molar-refractivity contribution is -0.138. The maximum atomic E-state index is 13.1. The van der Waals surface area contributed by atoms with E-state index in [0.717, 1.165) is 22.7 Å². The lowest BCUT2D eigenvalue weighted by atomic mass is 10.2. The van der Waals surface area contributed by atoms with Crippen LogP contribution in [0.4, 0.5) is 10.1 Å². The summed E-state index contributed by atoms with van der Waals surface area (Å²) in [6, 6.07) is 3.59. The van der Waals surface area contributed by atoms with Gasteiger partial charge < -0.3 is 5.11 Å². The zero-order valence-corrected chi connectivity index (χ0v) is 10.8. The van der Waals surface area contributed by atoms with Crippen LogP contribution < -0.4 is 4.31 Å². The van der Waals surface area contributed by atoms with Gasteiger partial charge in [-0.15, -0.1) is 0 Å². The van der Waals surface area contributed by atoms with Crippen LogP contribution in [0.15, 0.2) is 24.3 Å². The van der Waals surface area contributed by atoms with E-state index in [9.17, 15) is 17.6 Å². The number of rotatable bonds is 5. The van der Waals surface area contributed by atoms with Gasteiger partial charge in [-0.25, -0.2) is 17.6 Å². The van der Waals surface area contributed by atoms with Crippen LogP contribution in [0.1, 0.15) is 13.3 Å². The molecule has 1 unspecified atom stereocenters. The first-order valence-corrected chi connectivity index (χ1v) is 7.10. The Morgan fingerprint density at radius 2 is 2.11 bits per heavy atom. The Bertz CT molecular complexity index is 544. The van der Waals surface area contributed by atoms with Gasteiger partial charge in [-0.1, -0.05) is 13.0 Å². The van der Waals surface area contributed by atoms with Gasteiger partial charge in [-0.2, -0.15) is 0 Å². The van der Waals surface area contributed by atoms with Crippen molar-refractivity contribution in [1.82, 2.24) is 0 Å². The maximum Gasteiger partial charge on any atom is 0.327 e. The molecule has 0 heterocycles. The molecule has 0 amide bonds. The van der Waals surface area contributed by atoms with Crippen LogP contribution in [0.2, 0.25) is 0 Å². The number of sulfonamides is 1. The van der Waals surface area contributed by atoms with Crippen molar-refractivity contribution in [3.63, 3.8) is 0 Å². The Hall–Kier alpha value is -1.63. The maximum absolute atomic E-state index is 13.1. The molecule has 0 saturated heterocycles. The van der Waals surface area contributed by atoms with Crippen LogP contribution in [0, 0.1) is 5.82 Å². The first-order valence-electron chi connectivity index (χ1n) is 5.25. The fourth-order valence-electron chi connectivity index (χ4n) is 1.66. The van der Waals surface area contributed by atoms with Crippen LogP contribution in [-0.2, 0) is 14.8 Å². The molecule has 1 rings (SSSR count). The Morgan fingerprint density at radius 1 is 1.50 bits per heavy atom. The molecule has 1 aromatic rings. The molecule has 1 N–H and O–H groups in total. The van der Waals surface area contributed by atoms with Gasteiger partial charge in [0.15, 0.2) is 0 Å². The normalized spacial score (nSPS) is 13.1. The smallest absolute Gasteiger partial charge is 0.327 e. The molecule has 1 aromatic carbocycles. The monoisotopic (exact) mass is 275 g/mol. The summed E-state index contributed by atoms with van der Waals surface area (Å²) < 4.78 is 37.2. The third-order valence-corrected chi connectivity index (χ3v) is 3.55. The molecule has 0 bridgehead atoms. The quantitative estimate of drug-likeness (QED) is 0.882. The van der Waals surface area contributed by atoms with Crippen molar-refractivity contribution < 1.29 is 22.7 Å². The first-order chi connectivity index (χ1) is 8.27. The first kappa shape index (κ1) is 14.4. The van der Waals surface area contributed by atoms with Crippen LogP contribution in [0.3, 0.4) is 0 Å². The van der Waals surface area contributed by atoms with Crippen LogP contribution >= 0.6 is 0 Å². The van der Waals surface area contributed by atoms with Gasteiger partial charge in [0, 0.05) is 0 Å². The van der Waals surface area contributed by atoms with Gasteiger partial charge in [0.1, 0.15) is 11.9 Å². The van der Waals surface area contributed by atoms with Gasteiger partial charge in [0.2, 0.25) is 10.0 Å². The number of aliphatic carboxylic acids is 1. The van der Waals surface area contributed by atoms with Crippen molar-refractivity contribution in [2.24, 2.45) is 0 Å². The molecule has 0 aliphatic rings. The molecule has 0 fully saturated rings. The molecule has 0 aromatic heterocycles. The summed E-state index contributed by atoms with van der Waals surface area (Å²) in [5.74, 6) is -1.89. The second kappa shape index (κ2) is 5.34. The van der Waals surface area contributed by atoms with Gasteiger partial charge >= 0.3 is 5.97 Å². The summed E-state index contributed by atoms with van der Waals surface area (Å²) in [7, 11) is -3.81. The third kappa shape index (κ3) is 3.19. The van der Waals surface area contributed by atoms with Crippen molar-refractivity contribution in [3.05, 3.63) is 30.1 Å². The average Bonchev–Trinajstić information content (AvgIpc) is 2.23. The highest BCUT2D eigenvalue weighted by atomic mass is 32.2. The molecule has 5 nitrogen and oxygen atoms in total. The van der Waals surface area contributed by atoms with E-state index in [4.69, 9.17) is 5.11 Å². The van der Waals surface area contributed by atoms with Crippen LogP contribution in [0.25, 0.3) is 0 Å². The Labute approximate surface area is 105 Å². The summed E-state index contributed by atoms with van der Waals surface area (Å²) in [5.41, 5.74) is 0.00625. The van der Waals surface area contributed by atoms with E-state index in [1.807, 2.05) is 0 Å². The summed E-state index contributed by atoms with van der Waals surface area (Å²) in [5, 5.41) is 9.04. The fourth-order valence-corrected chi connectivity index (χ4v) is 2.85. The molecule has 18 heavy (non-hydrogen) atoms. The zero-order valence-electron chi connectivity index (χ0n) is 10.00. The Morgan fingerprint density at radius 3 is 2.50 bits per heavy atom. The topological polar surface area (TPSA) is 74.7 Å². The minimum atomic E-state index is -3.81. The lowest BCUT2D eigenvalue weighted by Crippen LogP contribution is -2.44. The van der Waals surface area contributed by atoms with E-state index in [-0.39, 0.29) is 12.1 Å². The number of benzene rings is 1. The van der Waals surface area contributed by atoms with Crippen molar-refractivity contribution >= 4 is 21.7 Å². The number of hydrogen-bond donors (Lipinski definition) is 1. The second-order valence-electron chi connectivity index (χ2n) is 3.80. The van der Waals surface area contributed by atoms with E-state index in [1.54, 1.807) is 6.92 Å². The standard InChI is InChI=1S/C11H14FNO4S/c1-3-10(11(14)15)13(18(2,16)17)9-6-4-5-8(12)7-9/h4-7,10H,3H2,1-2H3,(H,14,15). The lowest BCUT2D eigenvalue weighted by Gasteiger charge is -2.27. The molecular formula is C11H14FNO4S. The van der Waals surface area contributed by atoms with E-state index in [1.165, 1.54) is 12.1 Å². The number of anilines is 1. The highest BCUT2D eigenvalue weighted by Gasteiger charge is 2.31. The van der Waals surface area contributed by atoms with Crippen molar-refractivity contribution in [2.45, 2.75) is 19.4 Å². The Kier molecular flexibility index (Phi) is 4.28. The summed E-state index contributed by atoms with van der Waals surface area (Å²) in [6.07, 6.45) is 0.975. The summed E-state index contributed by atoms with van der Waals surface area (Å²) >= 11 is 0. The number of hydrogen-bond acceptors (Lipinski definition) is 3. The van der Waals surface area contributed by atoms with Crippen LogP contribution in [0.5, 0.6) is 0 Å². The predicted octanol–water partition coefficient (Wildman–Crippen LogP) is 1.45. The van der Waals surface area contributed by atoms with Crippen LogP contribution in [-0.4, -0.2) is 31.8 Å². The number of carbonyl (C=O) groups is 1. The van der Waals surface area contributed by atoms with E-state index in [2.05, 4.69) is 0 Å². The van der Waals surface area contributed by atoms with Gasteiger partial charge in [-0.3, -0.25) is 4.31 Å². The third-order valence-electron chi connectivity index (χ3n) is 2.37. The zero-order chi connectivity index (χ0) is 13.9. The van der Waals surface area contributed by atoms with E-state index >= 15 is 0 Å². The fraction of sp³-hybridized carbons (Fsp3) is 0.364. The van der Waals surface area contributed by atoms with Crippen molar-refractivity contribution in [3.8, 4) is 0 Å². The largest absolute Gasteiger partial charge is 0.480 e. The molecule has 0 radical (unpaired) electrons. The minimum Gasteiger partial charge on any atom is -0.480 e. The Balaban J connectivity index is 3.35. The van der Waals surface area contributed by atoms with Gasteiger partial charge in [-0.05, 0) is 24.6 Å². The highest BCUT2D eigenvalue weighted by molar-refractivity contribution is 7.92. The molecule has 0 spiro atoms. The van der Waals surface area contributed by atoms with Crippen molar-refractivity contribution in [2.75, 3.05) is 10.6 Å². The number of nitrogens with zero attached hydrogens (tertiary/aromatic N) is 1. The molecular weight excluding hydrogens is 261 g/mol. The number of halogens is 1. The van der Waals surface area contributed by atoms with Gasteiger partial charge in [0.05, 0.1) is 11.9 Å². The van der Waals surface area contributed by atoms with E-state index < -0.39 is 27.9 Å². The minimum absolute atomic E-state index is 0.00625. The molecule has 1 atom stereocenters. The molecule has 100 valence electrons. The molecule has 0 saturated carbocycles. The number of carboxylic acids is 1.